The van der Waals surface area contributed by atoms with E-state index in [-0.39, 0.29) is 17.5 Å². The first-order valence-corrected chi connectivity index (χ1v) is 10.6. The highest BCUT2D eigenvalue weighted by Crippen LogP contribution is 2.40. The van der Waals surface area contributed by atoms with Crippen LogP contribution in [0.5, 0.6) is 0 Å². The van der Waals surface area contributed by atoms with Crippen molar-refractivity contribution in [1.82, 2.24) is 15.0 Å². The van der Waals surface area contributed by atoms with Gasteiger partial charge in [-0.2, -0.15) is 11.3 Å². The summed E-state index contributed by atoms with van der Waals surface area (Å²) in [4.78, 5) is 12.3. The molecule has 0 unspecified atom stereocenters. The van der Waals surface area contributed by atoms with Crippen LogP contribution in [-0.2, 0) is 7.59 Å². The first kappa shape index (κ1) is 21.1. The van der Waals surface area contributed by atoms with Crippen molar-refractivity contribution >= 4 is 93.1 Å². The van der Waals surface area contributed by atoms with E-state index in [1.807, 2.05) is 47.9 Å². The van der Waals surface area contributed by atoms with Crippen molar-refractivity contribution in [2.75, 3.05) is 0 Å². The van der Waals surface area contributed by atoms with Crippen molar-refractivity contribution in [3.8, 4) is 11.4 Å². The number of benzene rings is 1. The zero-order valence-electron chi connectivity index (χ0n) is 13.2. The number of halogens is 6. The Hall–Kier alpha value is -0.590. The molecule has 3 nitrogen and oxygen atoms in total. The maximum Gasteiger partial charge on any atom is 0.250 e. The third kappa shape index (κ3) is 5.70. The van der Waals surface area contributed by atoms with Gasteiger partial charge in [0.15, 0.2) is 17.5 Å². The van der Waals surface area contributed by atoms with E-state index in [1.54, 1.807) is 11.3 Å². The zero-order valence-corrected chi connectivity index (χ0v) is 18.6. The highest BCUT2D eigenvalue weighted by atomic mass is 35.6. The van der Waals surface area contributed by atoms with Crippen molar-refractivity contribution in [2.45, 2.75) is 7.59 Å². The van der Waals surface area contributed by atoms with E-state index < -0.39 is 7.59 Å². The molecular weight excluding hydrogens is 491 g/mol. The van der Waals surface area contributed by atoms with Crippen LogP contribution in [0.15, 0.2) is 41.1 Å². The van der Waals surface area contributed by atoms with Crippen LogP contribution < -0.4 is 0 Å². The van der Waals surface area contributed by atoms with E-state index in [2.05, 4.69) is 20.3 Å². The van der Waals surface area contributed by atoms with Crippen LogP contribution in [0.2, 0.25) is 0 Å². The lowest BCUT2D eigenvalue weighted by atomic mass is 10.1. The quantitative estimate of drug-likeness (QED) is 0.352. The summed E-state index contributed by atoms with van der Waals surface area (Å²) in [5.74, 6) is -0.0125. The standard InChI is InChI=1S/C17H9Cl6N3S/c18-16(19,20)14-24-13(25-15(26-14)17(21,22)23)12-5-3-10(4-6-12)1-2-11-7-8-27-9-11/h1-9H. The van der Waals surface area contributed by atoms with Gasteiger partial charge in [-0.15, -0.1) is 0 Å². The summed E-state index contributed by atoms with van der Waals surface area (Å²) < 4.78 is -3.77. The van der Waals surface area contributed by atoms with E-state index in [9.17, 15) is 0 Å². The average molecular weight is 500 g/mol. The van der Waals surface area contributed by atoms with Crippen LogP contribution >= 0.6 is 80.9 Å². The molecule has 10 heteroatoms. The second-order valence-corrected chi connectivity index (χ2v) is 10.7. The molecule has 0 saturated carbocycles. The number of aromatic nitrogens is 3. The van der Waals surface area contributed by atoms with E-state index in [4.69, 9.17) is 69.6 Å². The van der Waals surface area contributed by atoms with Gasteiger partial charge in [-0.05, 0) is 28.0 Å². The molecule has 0 atom stereocenters. The van der Waals surface area contributed by atoms with Gasteiger partial charge in [0.25, 0.3) is 0 Å². The molecule has 0 spiro atoms. The smallest absolute Gasteiger partial charge is 0.209 e. The van der Waals surface area contributed by atoms with Crippen molar-refractivity contribution in [1.29, 1.82) is 0 Å². The summed E-state index contributed by atoms with van der Waals surface area (Å²) in [6.07, 6.45) is 4.02. The van der Waals surface area contributed by atoms with Crippen LogP contribution in [0.3, 0.4) is 0 Å². The van der Waals surface area contributed by atoms with E-state index in [0.717, 1.165) is 11.1 Å². The maximum atomic E-state index is 5.90. The van der Waals surface area contributed by atoms with Crippen LogP contribution in [0.1, 0.15) is 22.8 Å². The molecule has 0 bridgehead atoms. The number of alkyl halides is 6. The molecule has 27 heavy (non-hydrogen) atoms. The van der Waals surface area contributed by atoms with E-state index >= 15 is 0 Å². The molecule has 140 valence electrons. The molecule has 0 amide bonds. The second-order valence-electron chi connectivity index (χ2n) is 5.31. The minimum absolute atomic E-state index is 0.125. The Kier molecular flexibility index (Phi) is 6.59. The normalized spacial score (nSPS) is 12.7. The summed E-state index contributed by atoms with van der Waals surface area (Å²) >= 11 is 37.0. The summed E-state index contributed by atoms with van der Waals surface area (Å²) in [5, 5.41) is 4.08. The molecule has 2 heterocycles. The fraction of sp³-hybridized carbons (Fsp3) is 0.118. The molecule has 1 aromatic carbocycles. The summed E-state index contributed by atoms with van der Waals surface area (Å²) in [6.45, 7) is 0. The predicted octanol–water partition coefficient (Wildman–Crippen LogP) is 7.42. The van der Waals surface area contributed by atoms with E-state index in [1.165, 1.54) is 0 Å². The molecule has 0 aliphatic heterocycles. The fourth-order valence-electron chi connectivity index (χ4n) is 2.06. The van der Waals surface area contributed by atoms with Gasteiger partial charge in [0, 0.05) is 5.56 Å². The molecule has 0 fully saturated rings. The zero-order chi connectivity index (χ0) is 19.7. The van der Waals surface area contributed by atoms with Gasteiger partial charge >= 0.3 is 0 Å². The number of nitrogens with zero attached hydrogens (tertiary/aromatic N) is 3. The number of hydrogen-bond donors (Lipinski definition) is 0. The molecule has 0 N–H and O–H groups in total. The van der Waals surface area contributed by atoms with Crippen LogP contribution in [0.25, 0.3) is 23.5 Å². The number of thiophene rings is 1. The Balaban J connectivity index is 1.95. The highest BCUT2D eigenvalue weighted by molar-refractivity contribution is 7.08. The third-order valence-corrected chi connectivity index (χ3v) is 5.04. The Morgan fingerprint density at radius 1 is 0.704 bits per heavy atom. The van der Waals surface area contributed by atoms with Crippen molar-refractivity contribution in [2.24, 2.45) is 0 Å². The second kappa shape index (κ2) is 8.42. The first-order chi connectivity index (χ1) is 12.6. The molecular formula is C17H9Cl6N3S. The summed E-state index contributed by atoms with van der Waals surface area (Å²) in [6, 6.07) is 9.51. The van der Waals surface area contributed by atoms with Crippen molar-refractivity contribution in [3.05, 3.63) is 63.9 Å². The summed E-state index contributed by atoms with van der Waals surface area (Å²) in [7, 11) is 0. The number of hydrogen-bond acceptors (Lipinski definition) is 4. The lowest BCUT2D eigenvalue weighted by molar-refractivity contribution is 0.851. The Morgan fingerprint density at radius 2 is 1.26 bits per heavy atom. The Labute approximate surface area is 189 Å². The van der Waals surface area contributed by atoms with Crippen molar-refractivity contribution < 1.29 is 0 Å². The van der Waals surface area contributed by atoms with Gasteiger partial charge < -0.3 is 0 Å². The largest absolute Gasteiger partial charge is 0.250 e. The lowest BCUT2D eigenvalue weighted by Crippen LogP contribution is -2.16. The molecule has 3 rings (SSSR count). The Morgan fingerprint density at radius 3 is 1.74 bits per heavy atom. The molecule has 0 aliphatic carbocycles. The van der Waals surface area contributed by atoms with Crippen LogP contribution in [0.4, 0.5) is 0 Å². The Bertz CT molecular complexity index is 912. The predicted molar refractivity (Wildman–Crippen MR) is 117 cm³/mol. The SMILES string of the molecule is ClC(Cl)(Cl)c1nc(-c2ccc(C=Cc3ccsc3)cc2)nc(C(Cl)(Cl)Cl)n1. The molecule has 3 aromatic rings. The van der Waals surface area contributed by atoms with Crippen molar-refractivity contribution in [3.63, 3.8) is 0 Å². The highest BCUT2D eigenvalue weighted by Gasteiger charge is 2.33. The molecule has 2 aromatic heterocycles. The van der Waals surface area contributed by atoms with Gasteiger partial charge in [0.05, 0.1) is 0 Å². The number of rotatable bonds is 3. The molecule has 0 aliphatic rings. The van der Waals surface area contributed by atoms with Gasteiger partial charge in [-0.1, -0.05) is 106 Å². The van der Waals surface area contributed by atoms with Gasteiger partial charge in [-0.3, -0.25) is 0 Å². The molecule has 0 saturated heterocycles. The molecule has 0 radical (unpaired) electrons. The van der Waals surface area contributed by atoms with Crippen LogP contribution in [0, 0.1) is 0 Å². The summed E-state index contributed by atoms with van der Waals surface area (Å²) in [5.41, 5.74) is 2.81. The minimum Gasteiger partial charge on any atom is -0.209 e. The topological polar surface area (TPSA) is 38.7 Å². The van der Waals surface area contributed by atoms with Gasteiger partial charge in [0.1, 0.15) is 0 Å². The third-order valence-electron chi connectivity index (χ3n) is 3.32. The minimum atomic E-state index is -1.88. The lowest BCUT2D eigenvalue weighted by Gasteiger charge is -2.15. The van der Waals surface area contributed by atoms with E-state index in [0.29, 0.717) is 5.56 Å². The monoisotopic (exact) mass is 497 g/mol. The van der Waals surface area contributed by atoms with Crippen LogP contribution in [-0.4, -0.2) is 15.0 Å². The fourth-order valence-corrected chi connectivity index (χ4v) is 3.20. The first-order valence-electron chi connectivity index (χ1n) is 7.34. The van der Waals surface area contributed by atoms with Gasteiger partial charge in [-0.25, -0.2) is 15.0 Å². The van der Waals surface area contributed by atoms with Gasteiger partial charge in [0.2, 0.25) is 7.59 Å². The maximum absolute atomic E-state index is 5.90. The average Bonchev–Trinajstić information content (AvgIpc) is 3.12.